The molecule has 1 amide bonds. The van der Waals surface area contributed by atoms with Gasteiger partial charge in [-0.05, 0) is 24.3 Å². The van der Waals surface area contributed by atoms with Crippen LogP contribution in [-0.2, 0) is 0 Å². The molecule has 0 radical (unpaired) electrons. The largest absolute Gasteiger partial charge is 0.433 e. The van der Waals surface area contributed by atoms with Crippen molar-refractivity contribution in [2.45, 2.75) is 6.61 Å². The Hall–Kier alpha value is -2.41. The normalized spacial score (nSPS) is 10.5. The van der Waals surface area contributed by atoms with Crippen molar-refractivity contribution in [1.82, 2.24) is 4.98 Å². The number of aromatic nitrogens is 1. The molecule has 0 fully saturated rings. The van der Waals surface area contributed by atoms with Gasteiger partial charge in [0.1, 0.15) is 5.75 Å². The summed E-state index contributed by atoms with van der Waals surface area (Å²) in [6.45, 7) is -2.98. The summed E-state index contributed by atoms with van der Waals surface area (Å²) in [4.78, 5) is 25.1. The van der Waals surface area contributed by atoms with E-state index in [9.17, 15) is 18.4 Å². The topological polar surface area (TPSA) is 71.2 Å². The lowest BCUT2D eigenvalue weighted by molar-refractivity contribution is -0.0497. The van der Waals surface area contributed by atoms with Crippen molar-refractivity contribution in [3.05, 3.63) is 57.5 Å². The molecule has 0 atom stereocenters. The second-order valence-corrected chi connectivity index (χ2v) is 4.33. The van der Waals surface area contributed by atoms with Crippen molar-refractivity contribution in [2.75, 3.05) is 5.32 Å². The first-order chi connectivity index (χ1) is 9.95. The van der Waals surface area contributed by atoms with Crippen LogP contribution >= 0.6 is 11.6 Å². The lowest BCUT2D eigenvalue weighted by atomic mass is 10.2. The van der Waals surface area contributed by atoms with E-state index in [-0.39, 0.29) is 21.9 Å². The predicted octanol–water partition coefficient (Wildman–Crippen LogP) is 2.88. The van der Waals surface area contributed by atoms with Gasteiger partial charge in [0.2, 0.25) is 5.56 Å². The van der Waals surface area contributed by atoms with Gasteiger partial charge in [-0.15, -0.1) is 0 Å². The molecular weight excluding hydrogens is 306 g/mol. The number of hydrogen-bond donors (Lipinski definition) is 2. The Balaban J connectivity index is 2.12. The summed E-state index contributed by atoms with van der Waals surface area (Å²) in [6.07, 6.45) is 1.26. The smallest absolute Gasteiger partial charge is 0.387 e. The van der Waals surface area contributed by atoms with Crippen LogP contribution in [0.15, 0.2) is 41.3 Å². The molecule has 0 saturated carbocycles. The summed E-state index contributed by atoms with van der Waals surface area (Å²) in [5.74, 6) is -0.668. The minimum Gasteiger partial charge on any atom is -0.433 e. The average Bonchev–Trinajstić information content (AvgIpc) is 2.42. The predicted molar refractivity (Wildman–Crippen MR) is 73.1 cm³/mol. The summed E-state index contributed by atoms with van der Waals surface area (Å²) >= 11 is 5.77. The number of anilines is 1. The molecule has 0 aliphatic heterocycles. The number of H-pyrrole nitrogens is 1. The van der Waals surface area contributed by atoms with Gasteiger partial charge in [-0.1, -0.05) is 11.6 Å². The van der Waals surface area contributed by atoms with E-state index in [1.165, 1.54) is 36.5 Å². The maximum Gasteiger partial charge on any atom is 0.387 e. The van der Waals surface area contributed by atoms with Gasteiger partial charge in [-0.25, -0.2) is 0 Å². The molecule has 0 spiro atoms. The quantitative estimate of drug-likeness (QED) is 0.911. The molecule has 2 N–H and O–H groups in total. The Bertz CT molecular complexity index is 698. The maximum atomic E-state index is 12.1. The highest BCUT2D eigenvalue weighted by Gasteiger charge is 2.11. The Labute approximate surface area is 122 Å². The first-order valence-electron chi connectivity index (χ1n) is 5.70. The van der Waals surface area contributed by atoms with Crippen LogP contribution in [0.3, 0.4) is 0 Å². The summed E-state index contributed by atoms with van der Waals surface area (Å²) in [5, 5.41) is 2.45. The number of amides is 1. The van der Waals surface area contributed by atoms with Crippen LogP contribution < -0.4 is 15.6 Å². The maximum absolute atomic E-state index is 12.1. The number of carbonyl (C=O) groups excluding carboxylic acids is 1. The Kier molecular flexibility index (Phi) is 4.54. The lowest BCUT2D eigenvalue weighted by Crippen LogP contribution is -2.14. The summed E-state index contributed by atoms with van der Waals surface area (Å²) in [6, 6.07) is 6.43. The fourth-order valence-electron chi connectivity index (χ4n) is 1.53. The monoisotopic (exact) mass is 314 g/mol. The Morgan fingerprint density at radius 3 is 2.62 bits per heavy atom. The van der Waals surface area contributed by atoms with Crippen LogP contribution in [0.2, 0.25) is 5.02 Å². The van der Waals surface area contributed by atoms with Gasteiger partial charge in [0.15, 0.2) is 0 Å². The second kappa shape index (κ2) is 6.36. The van der Waals surface area contributed by atoms with E-state index >= 15 is 0 Å². The molecule has 1 heterocycles. The molecule has 0 aliphatic carbocycles. The van der Waals surface area contributed by atoms with Crippen LogP contribution in [0.25, 0.3) is 0 Å². The highest BCUT2D eigenvalue weighted by Crippen LogP contribution is 2.29. The van der Waals surface area contributed by atoms with E-state index in [1.807, 2.05) is 0 Å². The molecule has 2 aromatic rings. The molecular formula is C13H9ClF2N2O3. The zero-order valence-electron chi connectivity index (χ0n) is 10.4. The highest BCUT2D eigenvalue weighted by molar-refractivity contribution is 6.32. The Morgan fingerprint density at radius 2 is 2.05 bits per heavy atom. The second-order valence-electron chi connectivity index (χ2n) is 3.92. The number of rotatable bonds is 4. The summed E-state index contributed by atoms with van der Waals surface area (Å²) < 4.78 is 28.4. The van der Waals surface area contributed by atoms with Gasteiger partial charge in [0, 0.05) is 18.0 Å². The van der Waals surface area contributed by atoms with Crippen molar-refractivity contribution in [3.8, 4) is 5.75 Å². The number of aromatic amines is 1. The number of pyridine rings is 1. The molecule has 21 heavy (non-hydrogen) atoms. The van der Waals surface area contributed by atoms with Gasteiger partial charge in [-0.2, -0.15) is 8.78 Å². The minimum atomic E-state index is -2.98. The molecule has 0 bridgehead atoms. The van der Waals surface area contributed by atoms with Gasteiger partial charge < -0.3 is 15.0 Å². The zero-order valence-corrected chi connectivity index (χ0v) is 11.2. The molecule has 8 heteroatoms. The Morgan fingerprint density at radius 1 is 1.29 bits per heavy atom. The van der Waals surface area contributed by atoms with E-state index < -0.39 is 12.5 Å². The average molecular weight is 315 g/mol. The molecule has 1 aromatic heterocycles. The third-order valence-corrected chi connectivity index (χ3v) is 2.75. The van der Waals surface area contributed by atoms with E-state index in [0.717, 1.165) is 0 Å². The zero-order chi connectivity index (χ0) is 15.4. The number of alkyl halides is 2. The van der Waals surface area contributed by atoms with E-state index in [4.69, 9.17) is 11.6 Å². The number of nitrogens with one attached hydrogen (secondary N) is 2. The van der Waals surface area contributed by atoms with Crippen LogP contribution in [0.5, 0.6) is 5.75 Å². The van der Waals surface area contributed by atoms with Crippen molar-refractivity contribution in [1.29, 1.82) is 0 Å². The molecule has 110 valence electrons. The first-order valence-corrected chi connectivity index (χ1v) is 6.08. The van der Waals surface area contributed by atoms with E-state index in [2.05, 4.69) is 15.0 Å². The molecule has 0 unspecified atom stereocenters. The lowest BCUT2D eigenvalue weighted by Gasteiger charge is -2.09. The van der Waals surface area contributed by atoms with Crippen molar-refractivity contribution in [2.24, 2.45) is 0 Å². The van der Waals surface area contributed by atoms with Gasteiger partial charge >= 0.3 is 6.61 Å². The number of hydrogen-bond acceptors (Lipinski definition) is 3. The van der Waals surface area contributed by atoms with Gasteiger partial charge in [0.25, 0.3) is 5.91 Å². The highest BCUT2D eigenvalue weighted by atomic mass is 35.5. The van der Waals surface area contributed by atoms with E-state index in [0.29, 0.717) is 5.69 Å². The summed E-state index contributed by atoms with van der Waals surface area (Å²) in [7, 11) is 0. The molecule has 2 rings (SSSR count). The summed E-state index contributed by atoms with van der Waals surface area (Å²) in [5.41, 5.74) is 0.208. The van der Waals surface area contributed by atoms with Crippen LogP contribution in [0, 0.1) is 0 Å². The van der Waals surface area contributed by atoms with Gasteiger partial charge in [0.05, 0.1) is 10.6 Å². The third kappa shape index (κ3) is 4.03. The van der Waals surface area contributed by atoms with Crippen LogP contribution in [0.1, 0.15) is 10.4 Å². The van der Waals surface area contributed by atoms with E-state index in [1.54, 1.807) is 0 Å². The SMILES string of the molecule is O=C(Nc1ccc(OC(F)F)c(Cl)c1)c1ccc(=O)[nH]c1. The van der Waals surface area contributed by atoms with Crippen molar-refractivity contribution < 1.29 is 18.3 Å². The van der Waals surface area contributed by atoms with Crippen molar-refractivity contribution in [3.63, 3.8) is 0 Å². The standard InChI is InChI=1S/C13H9ClF2N2O3/c14-9-5-8(2-3-10(9)21-13(15)16)18-12(20)7-1-4-11(19)17-6-7/h1-6,13H,(H,17,19)(H,18,20). The number of carbonyl (C=O) groups is 1. The molecule has 0 aliphatic rings. The molecule has 1 aromatic carbocycles. The fourth-order valence-corrected chi connectivity index (χ4v) is 1.75. The van der Waals surface area contributed by atoms with Gasteiger partial charge in [-0.3, -0.25) is 9.59 Å². The number of ether oxygens (including phenoxy) is 1. The molecule has 5 nitrogen and oxygen atoms in total. The van der Waals surface area contributed by atoms with Crippen molar-refractivity contribution >= 4 is 23.2 Å². The third-order valence-electron chi connectivity index (χ3n) is 2.45. The first kappa shape index (κ1) is 15.0. The fraction of sp³-hybridized carbons (Fsp3) is 0.0769. The van der Waals surface area contributed by atoms with Crippen LogP contribution in [0.4, 0.5) is 14.5 Å². The molecule has 0 saturated heterocycles. The number of benzene rings is 1. The van der Waals surface area contributed by atoms with Crippen LogP contribution in [-0.4, -0.2) is 17.5 Å². The minimum absolute atomic E-state index is 0.0606. The number of halogens is 3.